The zero-order valence-corrected chi connectivity index (χ0v) is 16.0. The van der Waals surface area contributed by atoms with Gasteiger partial charge in [-0.1, -0.05) is 6.92 Å². The van der Waals surface area contributed by atoms with Gasteiger partial charge in [-0.05, 0) is 30.7 Å². The van der Waals surface area contributed by atoms with E-state index in [9.17, 15) is 19.5 Å². The number of hydrogen-bond donors (Lipinski definition) is 4. The lowest BCUT2D eigenvalue weighted by atomic mass is 9.83. The van der Waals surface area contributed by atoms with Crippen molar-refractivity contribution in [3.8, 4) is 0 Å². The van der Waals surface area contributed by atoms with Gasteiger partial charge in [0.2, 0.25) is 5.96 Å². The summed E-state index contributed by atoms with van der Waals surface area (Å²) in [5.74, 6) is -1.79. The number of guanidine groups is 2. The lowest BCUT2D eigenvalue weighted by molar-refractivity contribution is -0.170. The molecular formula is C18H23FN6O4. The molecule has 10 nitrogen and oxygen atoms in total. The summed E-state index contributed by atoms with van der Waals surface area (Å²) in [6, 6.07) is 2.54. The Morgan fingerprint density at radius 3 is 2.72 bits per heavy atom. The molecule has 1 saturated heterocycles. The number of benzene rings is 1. The zero-order valence-electron chi connectivity index (χ0n) is 16.0. The van der Waals surface area contributed by atoms with Crippen molar-refractivity contribution in [3.63, 3.8) is 0 Å². The molecule has 1 spiro atoms. The monoisotopic (exact) mass is 406 g/mol. The number of aryl methyl sites for hydroxylation is 1. The minimum Gasteiger partial charge on any atom is -0.456 e. The number of carbonyl (C=O) groups excluding carboxylic acids is 1. The predicted octanol–water partition coefficient (Wildman–Crippen LogP) is -0.615. The van der Waals surface area contributed by atoms with Crippen LogP contribution in [0.5, 0.6) is 0 Å². The highest BCUT2D eigenvalue weighted by molar-refractivity contribution is 5.90. The normalized spacial score (nSPS) is 33.1. The molecule has 3 aliphatic rings. The second-order valence-corrected chi connectivity index (χ2v) is 7.62. The number of carbonyl (C=O) groups is 1. The van der Waals surface area contributed by atoms with Crippen LogP contribution in [0, 0.1) is 18.7 Å². The fraction of sp³-hybridized carbons (Fsp3) is 0.500. The maximum atomic E-state index is 13.7. The van der Waals surface area contributed by atoms with Crippen LogP contribution in [-0.4, -0.2) is 75.2 Å². The molecule has 0 radical (unpaired) electrons. The minimum atomic E-state index is -1.24. The summed E-state index contributed by atoms with van der Waals surface area (Å²) in [4.78, 5) is 22.8. The molecule has 29 heavy (non-hydrogen) atoms. The van der Waals surface area contributed by atoms with Crippen LogP contribution in [0.3, 0.4) is 0 Å². The highest BCUT2D eigenvalue weighted by atomic mass is 19.1. The Balaban J connectivity index is 1.67. The lowest BCUT2D eigenvalue weighted by Crippen LogP contribution is -2.71. The van der Waals surface area contributed by atoms with Crippen molar-refractivity contribution in [2.24, 2.45) is 27.4 Å². The van der Waals surface area contributed by atoms with Gasteiger partial charge in [-0.25, -0.2) is 19.2 Å². The summed E-state index contributed by atoms with van der Waals surface area (Å²) in [6.45, 7) is 3.23. The van der Waals surface area contributed by atoms with Crippen LogP contribution in [0.1, 0.15) is 22.8 Å². The van der Waals surface area contributed by atoms with E-state index in [1.165, 1.54) is 12.1 Å². The fourth-order valence-electron chi connectivity index (χ4n) is 4.64. The van der Waals surface area contributed by atoms with Gasteiger partial charge in [0.1, 0.15) is 24.0 Å². The van der Waals surface area contributed by atoms with Gasteiger partial charge in [0.25, 0.3) is 0 Å². The lowest BCUT2D eigenvalue weighted by Gasteiger charge is -2.48. The van der Waals surface area contributed by atoms with Crippen molar-refractivity contribution in [2.75, 3.05) is 13.2 Å². The Morgan fingerprint density at radius 2 is 2.07 bits per heavy atom. The highest BCUT2D eigenvalue weighted by Crippen LogP contribution is 2.48. The molecule has 4 rings (SSSR count). The van der Waals surface area contributed by atoms with Gasteiger partial charge >= 0.3 is 5.97 Å². The summed E-state index contributed by atoms with van der Waals surface area (Å²) in [5, 5.41) is 21.3. The number of aliphatic imine (C=N–C) groups is 2. The SMILES string of the molecule is Cc1cc(F)cc(C(=O)OC2CN3C(N)=NC(CO)C4N=C(N)N(O)C43C2C)c1. The first-order chi connectivity index (χ1) is 13.7. The topological polar surface area (TPSA) is 150 Å². The van der Waals surface area contributed by atoms with E-state index >= 15 is 0 Å². The van der Waals surface area contributed by atoms with Crippen molar-refractivity contribution in [1.29, 1.82) is 0 Å². The highest BCUT2D eigenvalue weighted by Gasteiger charge is 2.68. The van der Waals surface area contributed by atoms with Crippen molar-refractivity contribution >= 4 is 17.9 Å². The molecule has 3 heterocycles. The first-order valence-corrected chi connectivity index (χ1v) is 9.22. The average molecular weight is 406 g/mol. The number of esters is 1. The van der Waals surface area contributed by atoms with E-state index in [0.29, 0.717) is 5.56 Å². The third kappa shape index (κ3) is 2.64. The van der Waals surface area contributed by atoms with Crippen molar-refractivity contribution in [2.45, 2.75) is 37.7 Å². The Kier molecular flexibility index (Phi) is 4.39. The van der Waals surface area contributed by atoms with E-state index < -0.39 is 41.6 Å². The first kappa shape index (κ1) is 19.4. The van der Waals surface area contributed by atoms with Gasteiger partial charge in [-0.2, -0.15) is 5.06 Å². The molecule has 6 N–H and O–H groups in total. The van der Waals surface area contributed by atoms with E-state index in [-0.39, 0.29) is 30.6 Å². The van der Waals surface area contributed by atoms with Crippen molar-refractivity contribution in [3.05, 3.63) is 35.1 Å². The number of hydroxylamine groups is 2. The van der Waals surface area contributed by atoms with Crippen LogP contribution >= 0.6 is 0 Å². The maximum absolute atomic E-state index is 13.7. The molecule has 5 unspecified atom stereocenters. The van der Waals surface area contributed by atoms with Crippen LogP contribution < -0.4 is 11.5 Å². The number of halogens is 1. The molecule has 0 amide bonds. The van der Waals surface area contributed by atoms with Crippen LogP contribution in [0.15, 0.2) is 28.2 Å². The Bertz CT molecular complexity index is 903. The van der Waals surface area contributed by atoms with E-state index in [4.69, 9.17) is 16.2 Å². The maximum Gasteiger partial charge on any atom is 0.338 e. The molecular weight excluding hydrogens is 383 g/mol. The smallest absolute Gasteiger partial charge is 0.338 e. The second-order valence-electron chi connectivity index (χ2n) is 7.62. The summed E-state index contributed by atoms with van der Waals surface area (Å²) >= 11 is 0. The largest absolute Gasteiger partial charge is 0.456 e. The summed E-state index contributed by atoms with van der Waals surface area (Å²) < 4.78 is 19.3. The summed E-state index contributed by atoms with van der Waals surface area (Å²) in [6.07, 6.45) is -0.712. The quantitative estimate of drug-likeness (QED) is 0.485. The van der Waals surface area contributed by atoms with Crippen LogP contribution in [0.4, 0.5) is 4.39 Å². The summed E-state index contributed by atoms with van der Waals surface area (Å²) in [7, 11) is 0. The number of aliphatic hydroxyl groups excluding tert-OH is 1. The molecule has 1 aromatic rings. The van der Waals surface area contributed by atoms with Gasteiger partial charge in [-0.15, -0.1) is 0 Å². The molecule has 1 aromatic carbocycles. The van der Waals surface area contributed by atoms with Gasteiger partial charge in [0.15, 0.2) is 11.6 Å². The van der Waals surface area contributed by atoms with Gasteiger partial charge < -0.3 is 26.2 Å². The van der Waals surface area contributed by atoms with E-state index in [2.05, 4.69) is 9.98 Å². The molecule has 5 atom stereocenters. The van der Waals surface area contributed by atoms with E-state index in [0.717, 1.165) is 11.1 Å². The van der Waals surface area contributed by atoms with Crippen LogP contribution in [-0.2, 0) is 4.74 Å². The summed E-state index contributed by atoms with van der Waals surface area (Å²) in [5.41, 5.74) is 11.4. The van der Waals surface area contributed by atoms with E-state index in [1.54, 1.807) is 18.7 Å². The molecule has 0 bridgehead atoms. The molecule has 156 valence electrons. The zero-order chi connectivity index (χ0) is 21.1. The van der Waals surface area contributed by atoms with E-state index in [1.807, 2.05) is 0 Å². The number of hydrogen-bond acceptors (Lipinski definition) is 10. The number of rotatable bonds is 3. The fourth-order valence-corrected chi connectivity index (χ4v) is 4.64. The van der Waals surface area contributed by atoms with Gasteiger partial charge in [0.05, 0.1) is 18.7 Å². The minimum absolute atomic E-state index is 0.0799. The molecule has 1 fully saturated rings. The average Bonchev–Trinajstić information content (AvgIpc) is 3.10. The number of nitrogens with zero attached hydrogens (tertiary/aromatic N) is 4. The number of nitrogens with two attached hydrogens (primary N) is 2. The third-order valence-electron chi connectivity index (χ3n) is 5.95. The van der Waals surface area contributed by atoms with Gasteiger partial charge in [0, 0.05) is 5.92 Å². The Morgan fingerprint density at radius 1 is 1.34 bits per heavy atom. The molecule has 0 saturated carbocycles. The van der Waals surface area contributed by atoms with Gasteiger partial charge in [-0.3, -0.25) is 5.21 Å². The van der Waals surface area contributed by atoms with Crippen LogP contribution in [0.2, 0.25) is 0 Å². The number of ether oxygens (including phenoxy) is 1. The molecule has 11 heteroatoms. The van der Waals surface area contributed by atoms with Crippen molar-refractivity contribution in [1.82, 2.24) is 9.96 Å². The molecule has 0 aliphatic carbocycles. The second kappa shape index (κ2) is 6.56. The predicted molar refractivity (Wildman–Crippen MR) is 100 cm³/mol. The Hall–Kier alpha value is -2.92. The number of aliphatic hydroxyl groups is 1. The Labute approximate surface area is 166 Å². The van der Waals surface area contributed by atoms with Crippen molar-refractivity contribution < 1.29 is 24.2 Å². The molecule has 0 aromatic heterocycles. The van der Waals surface area contributed by atoms with Crippen LogP contribution in [0.25, 0.3) is 0 Å². The first-order valence-electron chi connectivity index (χ1n) is 9.22. The third-order valence-corrected chi connectivity index (χ3v) is 5.95. The molecule has 3 aliphatic heterocycles. The standard InChI is InChI=1S/C18H23FN6O4/c1-8-3-10(5-11(19)4-8)15(27)29-13-6-24-16(20)22-12(7-26)14-18(24,9(13)2)25(28)17(21)23-14/h3-5,9,12-14,26,28H,6-7H2,1-2H3,(H2,20,22)(H2,21,23).